The molecule has 0 aromatic rings. The third-order valence-electron chi connectivity index (χ3n) is 2.66. The number of rotatable bonds is 10. The second-order valence-corrected chi connectivity index (χ2v) is 4.85. The zero-order valence-corrected chi connectivity index (χ0v) is 11.7. The third kappa shape index (κ3) is 10.3. The Morgan fingerprint density at radius 2 is 1.88 bits per heavy atom. The van der Waals surface area contributed by atoms with E-state index in [1.165, 1.54) is 12.8 Å². The number of nitrogens with one attached hydrogen (secondary N) is 2. The molecule has 0 bridgehead atoms. The molecular weight excluding hydrogens is 216 g/mol. The summed E-state index contributed by atoms with van der Waals surface area (Å²) in [4.78, 5) is 11.6. The first-order chi connectivity index (χ1) is 8.07. The molecule has 4 nitrogen and oxygen atoms in total. The molecule has 1 atom stereocenters. The molecule has 2 N–H and O–H groups in total. The van der Waals surface area contributed by atoms with Crippen molar-refractivity contribution in [3.05, 3.63) is 0 Å². The van der Waals surface area contributed by atoms with E-state index in [-0.39, 0.29) is 11.9 Å². The Kier molecular flexibility index (Phi) is 10.2. The first-order valence-corrected chi connectivity index (χ1v) is 6.58. The van der Waals surface area contributed by atoms with Crippen LogP contribution in [0.5, 0.6) is 0 Å². The highest BCUT2D eigenvalue weighted by Gasteiger charge is 2.10. The fourth-order valence-electron chi connectivity index (χ4n) is 1.52. The van der Waals surface area contributed by atoms with Crippen molar-refractivity contribution in [2.24, 2.45) is 5.92 Å². The molecule has 0 rings (SSSR count). The van der Waals surface area contributed by atoms with E-state index in [9.17, 15) is 4.79 Å². The molecule has 0 saturated heterocycles. The quantitative estimate of drug-likeness (QED) is 0.573. The van der Waals surface area contributed by atoms with Gasteiger partial charge in [0.05, 0.1) is 12.6 Å². The van der Waals surface area contributed by atoms with E-state index in [2.05, 4.69) is 24.5 Å². The zero-order valence-electron chi connectivity index (χ0n) is 11.7. The molecular formula is C13H28N2O2. The average Bonchev–Trinajstić information content (AvgIpc) is 2.28. The van der Waals surface area contributed by atoms with Crippen LogP contribution < -0.4 is 10.6 Å². The van der Waals surface area contributed by atoms with Gasteiger partial charge in [-0.05, 0) is 25.8 Å². The van der Waals surface area contributed by atoms with E-state index in [0.29, 0.717) is 13.2 Å². The van der Waals surface area contributed by atoms with Crippen LogP contribution in [0.3, 0.4) is 0 Å². The molecule has 0 fully saturated rings. The maximum absolute atomic E-state index is 11.6. The molecule has 4 heteroatoms. The molecule has 0 saturated carbocycles. The van der Waals surface area contributed by atoms with Gasteiger partial charge in [0, 0.05) is 13.7 Å². The van der Waals surface area contributed by atoms with Crippen LogP contribution in [0.15, 0.2) is 0 Å². The van der Waals surface area contributed by atoms with Crippen LogP contribution in [0.1, 0.15) is 40.0 Å². The summed E-state index contributed by atoms with van der Waals surface area (Å²) in [6, 6.07) is -0.120. The molecule has 0 aromatic heterocycles. The Morgan fingerprint density at radius 1 is 1.18 bits per heavy atom. The molecule has 1 unspecified atom stereocenters. The van der Waals surface area contributed by atoms with Crippen molar-refractivity contribution in [1.82, 2.24) is 10.6 Å². The number of methoxy groups -OCH3 is 1. The second kappa shape index (κ2) is 10.5. The predicted molar refractivity (Wildman–Crippen MR) is 71.0 cm³/mol. The lowest BCUT2D eigenvalue weighted by Crippen LogP contribution is -2.43. The fourth-order valence-corrected chi connectivity index (χ4v) is 1.52. The monoisotopic (exact) mass is 244 g/mol. The van der Waals surface area contributed by atoms with Crippen molar-refractivity contribution in [1.29, 1.82) is 0 Å². The van der Waals surface area contributed by atoms with Gasteiger partial charge in [-0.1, -0.05) is 26.7 Å². The third-order valence-corrected chi connectivity index (χ3v) is 2.66. The van der Waals surface area contributed by atoms with Crippen LogP contribution >= 0.6 is 0 Å². The van der Waals surface area contributed by atoms with Gasteiger partial charge in [-0.3, -0.25) is 4.79 Å². The molecule has 0 heterocycles. The minimum Gasteiger partial charge on any atom is -0.383 e. The number of carbonyl (C=O) groups is 1. The van der Waals surface area contributed by atoms with Crippen molar-refractivity contribution in [3.8, 4) is 0 Å². The normalized spacial score (nSPS) is 12.8. The van der Waals surface area contributed by atoms with Gasteiger partial charge in [0.1, 0.15) is 0 Å². The maximum atomic E-state index is 11.6. The lowest BCUT2D eigenvalue weighted by Gasteiger charge is -2.14. The highest BCUT2D eigenvalue weighted by molar-refractivity contribution is 5.81. The van der Waals surface area contributed by atoms with E-state index in [4.69, 9.17) is 4.74 Å². The lowest BCUT2D eigenvalue weighted by molar-refractivity contribution is -0.122. The number of hydrogen-bond donors (Lipinski definition) is 2. The van der Waals surface area contributed by atoms with Crippen LogP contribution in [0.25, 0.3) is 0 Å². The summed E-state index contributed by atoms with van der Waals surface area (Å²) in [5.41, 5.74) is 0. The van der Waals surface area contributed by atoms with Crippen molar-refractivity contribution < 1.29 is 9.53 Å². The topological polar surface area (TPSA) is 50.4 Å². The summed E-state index contributed by atoms with van der Waals surface area (Å²) in [5, 5.41) is 6.05. The SMILES string of the molecule is COCCNC(=O)C(C)NCCCCC(C)C. The summed E-state index contributed by atoms with van der Waals surface area (Å²) in [5.74, 6) is 0.815. The van der Waals surface area contributed by atoms with Crippen LogP contribution in [0, 0.1) is 5.92 Å². The molecule has 1 amide bonds. The van der Waals surface area contributed by atoms with Crippen LogP contribution in [-0.4, -0.2) is 38.8 Å². The van der Waals surface area contributed by atoms with E-state index in [1.807, 2.05) is 6.92 Å². The predicted octanol–water partition coefficient (Wildman–Crippen LogP) is 1.55. The highest BCUT2D eigenvalue weighted by atomic mass is 16.5. The van der Waals surface area contributed by atoms with Crippen molar-refractivity contribution >= 4 is 5.91 Å². The van der Waals surface area contributed by atoms with Crippen LogP contribution in [0.2, 0.25) is 0 Å². The number of amides is 1. The largest absolute Gasteiger partial charge is 0.383 e. The molecule has 17 heavy (non-hydrogen) atoms. The van der Waals surface area contributed by atoms with Gasteiger partial charge in [0.25, 0.3) is 0 Å². The summed E-state index contributed by atoms with van der Waals surface area (Å²) in [7, 11) is 1.63. The Hall–Kier alpha value is -0.610. The van der Waals surface area contributed by atoms with E-state index in [1.54, 1.807) is 7.11 Å². The number of ether oxygens (including phenoxy) is 1. The minimum absolute atomic E-state index is 0.0471. The average molecular weight is 244 g/mol. The number of carbonyl (C=O) groups excluding carboxylic acids is 1. The Balaban J connectivity index is 3.43. The second-order valence-electron chi connectivity index (χ2n) is 4.85. The van der Waals surface area contributed by atoms with Gasteiger partial charge in [-0.15, -0.1) is 0 Å². The summed E-state index contributed by atoms with van der Waals surface area (Å²) in [6.07, 6.45) is 3.62. The van der Waals surface area contributed by atoms with Crippen molar-refractivity contribution in [3.63, 3.8) is 0 Å². The number of unbranched alkanes of at least 4 members (excludes halogenated alkanes) is 1. The summed E-state index contributed by atoms with van der Waals surface area (Å²) >= 11 is 0. The standard InChI is InChI=1S/C13H28N2O2/c1-11(2)7-5-6-8-14-12(3)13(16)15-9-10-17-4/h11-12,14H,5-10H2,1-4H3,(H,15,16). The van der Waals surface area contributed by atoms with E-state index in [0.717, 1.165) is 18.9 Å². The van der Waals surface area contributed by atoms with E-state index < -0.39 is 0 Å². The van der Waals surface area contributed by atoms with Gasteiger partial charge >= 0.3 is 0 Å². The fraction of sp³-hybridized carbons (Fsp3) is 0.923. The Morgan fingerprint density at radius 3 is 2.47 bits per heavy atom. The van der Waals surface area contributed by atoms with Gasteiger partial charge in [-0.25, -0.2) is 0 Å². The lowest BCUT2D eigenvalue weighted by atomic mass is 10.1. The molecule has 102 valence electrons. The molecule has 0 aliphatic carbocycles. The molecule has 0 radical (unpaired) electrons. The Bertz CT molecular complexity index is 196. The van der Waals surface area contributed by atoms with Crippen LogP contribution in [-0.2, 0) is 9.53 Å². The van der Waals surface area contributed by atoms with Crippen molar-refractivity contribution in [2.75, 3.05) is 26.8 Å². The first-order valence-electron chi connectivity index (χ1n) is 6.58. The minimum atomic E-state index is -0.120. The van der Waals surface area contributed by atoms with Gasteiger partial charge in [-0.2, -0.15) is 0 Å². The Labute approximate surface area is 105 Å². The maximum Gasteiger partial charge on any atom is 0.236 e. The molecule has 0 spiro atoms. The van der Waals surface area contributed by atoms with Gasteiger partial charge in [0.2, 0.25) is 5.91 Å². The molecule has 0 aliphatic rings. The molecule has 0 aromatic carbocycles. The highest BCUT2D eigenvalue weighted by Crippen LogP contribution is 2.05. The molecule has 0 aliphatic heterocycles. The summed E-state index contributed by atoms with van der Waals surface area (Å²) < 4.78 is 4.87. The van der Waals surface area contributed by atoms with Gasteiger partial charge in [0.15, 0.2) is 0 Å². The van der Waals surface area contributed by atoms with Crippen LogP contribution in [0.4, 0.5) is 0 Å². The first kappa shape index (κ1) is 16.4. The van der Waals surface area contributed by atoms with Crippen molar-refractivity contribution in [2.45, 2.75) is 46.1 Å². The van der Waals surface area contributed by atoms with E-state index >= 15 is 0 Å². The summed E-state index contributed by atoms with van der Waals surface area (Å²) in [6.45, 7) is 8.41. The number of hydrogen-bond acceptors (Lipinski definition) is 3. The zero-order chi connectivity index (χ0) is 13.1. The van der Waals surface area contributed by atoms with Gasteiger partial charge < -0.3 is 15.4 Å². The smallest absolute Gasteiger partial charge is 0.236 e.